The van der Waals surface area contributed by atoms with Crippen molar-refractivity contribution >= 4 is 23.0 Å². The maximum atomic E-state index is 13.2. The van der Waals surface area contributed by atoms with Crippen molar-refractivity contribution in [3.8, 4) is 28.8 Å². The highest BCUT2D eigenvalue weighted by Gasteiger charge is 2.21. The van der Waals surface area contributed by atoms with Crippen LogP contribution in [0.4, 0.5) is 0 Å². The number of carbonyl (C=O) groups is 1. The van der Waals surface area contributed by atoms with E-state index >= 15 is 0 Å². The molecule has 168 valence electrons. The minimum atomic E-state index is -0.740. The third kappa shape index (κ3) is 4.52. The second kappa shape index (κ2) is 9.48. The zero-order chi connectivity index (χ0) is 23.4. The lowest BCUT2D eigenvalue weighted by atomic mass is 10.1. The van der Waals surface area contributed by atoms with Crippen LogP contribution in [-0.2, 0) is 11.2 Å². The first-order valence-electron chi connectivity index (χ1n) is 10.3. The molecule has 0 radical (unpaired) electrons. The Hall–Kier alpha value is -4.26. The zero-order valence-electron chi connectivity index (χ0n) is 18.4. The van der Waals surface area contributed by atoms with Crippen molar-refractivity contribution in [2.75, 3.05) is 14.2 Å². The second-order valence-electron chi connectivity index (χ2n) is 7.12. The smallest absolute Gasteiger partial charge is 0.336 e. The van der Waals surface area contributed by atoms with Crippen LogP contribution in [0.3, 0.4) is 0 Å². The summed E-state index contributed by atoms with van der Waals surface area (Å²) >= 11 is 0. The molecular formula is C26H22O7. The van der Waals surface area contributed by atoms with Crippen LogP contribution >= 0.6 is 0 Å². The van der Waals surface area contributed by atoms with E-state index in [0.29, 0.717) is 28.0 Å². The van der Waals surface area contributed by atoms with E-state index in [4.69, 9.17) is 23.0 Å². The van der Waals surface area contributed by atoms with Crippen LogP contribution in [0.2, 0.25) is 0 Å². The third-order valence-electron chi connectivity index (χ3n) is 5.09. The molecule has 0 atom stereocenters. The van der Waals surface area contributed by atoms with Crippen LogP contribution in [0.5, 0.6) is 17.2 Å². The van der Waals surface area contributed by atoms with E-state index in [9.17, 15) is 9.59 Å². The van der Waals surface area contributed by atoms with Gasteiger partial charge in [0, 0.05) is 6.08 Å². The summed E-state index contributed by atoms with van der Waals surface area (Å²) in [6.45, 7) is 1.99. The monoisotopic (exact) mass is 446 g/mol. The van der Waals surface area contributed by atoms with Gasteiger partial charge >= 0.3 is 5.97 Å². The van der Waals surface area contributed by atoms with Crippen LogP contribution in [0.15, 0.2) is 74.5 Å². The van der Waals surface area contributed by atoms with Crippen LogP contribution in [0.1, 0.15) is 18.1 Å². The molecule has 0 amide bonds. The van der Waals surface area contributed by atoms with E-state index in [1.807, 2.05) is 13.0 Å². The molecule has 2 aromatic carbocycles. The number of hydrogen-bond donors (Lipinski definition) is 0. The van der Waals surface area contributed by atoms with Gasteiger partial charge in [0.15, 0.2) is 17.3 Å². The van der Waals surface area contributed by atoms with E-state index in [2.05, 4.69) is 0 Å². The maximum absolute atomic E-state index is 13.2. The molecule has 0 aliphatic rings. The summed E-state index contributed by atoms with van der Waals surface area (Å²) in [7, 11) is 3.07. The fourth-order valence-corrected chi connectivity index (χ4v) is 3.36. The van der Waals surface area contributed by atoms with Gasteiger partial charge in [0.25, 0.3) is 0 Å². The summed E-state index contributed by atoms with van der Waals surface area (Å²) in [5, 5.41) is 0.330. The minimum Gasteiger partial charge on any atom is -0.493 e. The number of rotatable bonds is 7. The summed E-state index contributed by atoms with van der Waals surface area (Å²) < 4.78 is 27.3. The molecule has 2 aromatic heterocycles. The van der Waals surface area contributed by atoms with Gasteiger partial charge in [-0.3, -0.25) is 4.79 Å². The lowest BCUT2D eigenvalue weighted by molar-refractivity contribution is -0.129. The van der Waals surface area contributed by atoms with E-state index < -0.39 is 11.4 Å². The lowest BCUT2D eigenvalue weighted by Crippen LogP contribution is -2.14. The summed E-state index contributed by atoms with van der Waals surface area (Å²) in [5.74, 6) is 0.453. The largest absolute Gasteiger partial charge is 0.493 e. The molecule has 7 heteroatoms. The molecule has 4 rings (SSSR count). The number of methoxy groups -OCH3 is 2. The minimum absolute atomic E-state index is 0.0506. The SMILES string of the molecule is CCc1ccc2oc(-c3ccco3)c(OC(=O)/C=C/c3ccc(OC)c(OC)c3)c(=O)c2c1. The van der Waals surface area contributed by atoms with E-state index in [0.717, 1.165) is 12.0 Å². The Morgan fingerprint density at radius 2 is 1.85 bits per heavy atom. The molecule has 0 aliphatic carbocycles. The summed E-state index contributed by atoms with van der Waals surface area (Å²) in [4.78, 5) is 25.9. The molecule has 0 bridgehead atoms. The number of aryl methyl sites for hydroxylation is 1. The summed E-state index contributed by atoms with van der Waals surface area (Å²) in [6.07, 6.45) is 4.97. The maximum Gasteiger partial charge on any atom is 0.336 e. The van der Waals surface area contributed by atoms with Crippen molar-refractivity contribution in [1.29, 1.82) is 0 Å². The number of furan rings is 1. The Morgan fingerprint density at radius 1 is 1.03 bits per heavy atom. The quantitative estimate of drug-likeness (QED) is 0.283. The van der Waals surface area contributed by atoms with Crippen molar-refractivity contribution < 1.29 is 27.8 Å². The van der Waals surface area contributed by atoms with Crippen molar-refractivity contribution in [3.63, 3.8) is 0 Å². The molecule has 0 N–H and O–H groups in total. The zero-order valence-corrected chi connectivity index (χ0v) is 18.4. The number of benzene rings is 2. The highest BCUT2D eigenvalue weighted by molar-refractivity contribution is 5.91. The van der Waals surface area contributed by atoms with Crippen molar-refractivity contribution in [1.82, 2.24) is 0 Å². The van der Waals surface area contributed by atoms with Crippen LogP contribution in [0.25, 0.3) is 28.6 Å². The third-order valence-corrected chi connectivity index (χ3v) is 5.09. The molecule has 33 heavy (non-hydrogen) atoms. The van der Waals surface area contributed by atoms with Crippen molar-refractivity contribution in [2.24, 2.45) is 0 Å². The standard InChI is InChI=1S/C26H22O7/c1-4-16-7-10-19-18(14-16)24(28)26(25(32-19)21-6-5-13-31-21)33-23(27)12-9-17-8-11-20(29-2)22(15-17)30-3/h5-15H,4H2,1-3H3/b12-9+. The topological polar surface area (TPSA) is 88.1 Å². The average molecular weight is 446 g/mol. The summed E-state index contributed by atoms with van der Waals surface area (Å²) in [6, 6.07) is 13.8. The van der Waals surface area contributed by atoms with Crippen LogP contribution in [0, 0.1) is 0 Å². The molecule has 0 spiro atoms. The highest BCUT2D eigenvalue weighted by Crippen LogP contribution is 2.32. The van der Waals surface area contributed by atoms with Crippen molar-refractivity contribution in [2.45, 2.75) is 13.3 Å². The Bertz CT molecular complexity index is 1380. The molecule has 7 nitrogen and oxygen atoms in total. The van der Waals surface area contributed by atoms with Gasteiger partial charge < -0.3 is 23.0 Å². The molecule has 0 unspecified atom stereocenters. The first-order chi connectivity index (χ1) is 16.0. The summed E-state index contributed by atoms with van der Waals surface area (Å²) in [5.41, 5.74) is 1.58. The first kappa shape index (κ1) is 22.0. The number of fused-ring (bicyclic) bond motifs is 1. The van der Waals surface area contributed by atoms with E-state index in [1.165, 1.54) is 19.4 Å². The normalized spacial score (nSPS) is 11.1. The molecule has 2 heterocycles. The Balaban J connectivity index is 1.70. The van der Waals surface area contributed by atoms with Gasteiger partial charge in [0.2, 0.25) is 16.9 Å². The van der Waals surface area contributed by atoms with Gasteiger partial charge in [-0.15, -0.1) is 0 Å². The number of carbonyl (C=O) groups excluding carboxylic acids is 1. The molecule has 0 fully saturated rings. The van der Waals surface area contributed by atoms with Gasteiger partial charge in [0.1, 0.15) is 5.58 Å². The molecule has 0 aliphatic heterocycles. The van der Waals surface area contributed by atoms with Gasteiger partial charge in [0.05, 0.1) is 25.9 Å². The first-order valence-corrected chi connectivity index (χ1v) is 10.3. The number of hydrogen-bond acceptors (Lipinski definition) is 7. The van der Waals surface area contributed by atoms with Crippen LogP contribution in [-0.4, -0.2) is 20.2 Å². The van der Waals surface area contributed by atoms with Gasteiger partial charge in [-0.25, -0.2) is 4.79 Å². The Kier molecular flexibility index (Phi) is 6.31. The predicted molar refractivity (Wildman–Crippen MR) is 124 cm³/mol. The van der Waals surface area contributed by atoms with E-state index in [1.54, 1.807) is 55.7 Å². The number of ether oxygens (including phenoxy) is 3. The average Bonchev–Trinajstić information content (AvgIpc) is 3.38. The van der Waals surface area contributed by atoms with Gasteiger partial charge in [-0.2, -0.15) is 0 Å². The van der Waals surface area contributed by atoms with Crippen LogP contribution < -0.4 is 19.6 Å². The molecule has 0 saturated carbocycles. The lowest BCUT2D eigenvalue weighted by Gasteiger charge is -2.09. The molecular weight excluding hydrogens is 424 g/mol. The van der Waals surface area contributed by atoms with Gasteiger partial charge in [-0.05, 0) is 60.0 Å². The van der Waals surface area contributed by atoms with Gasteiger partial charge in [-0.1, -0.05) is 19.1 Å². The highest BCUT2D eigenvalue weighted by atomic mass is 16.5. The predicted octanol–water partition coefficient (Wildman–Crippen LogP) is 5.25. The number of esters is 1. The molecule has 0 saturated heterocycles. The fraction of sp³-hybridized carbons (Fsp3) is 0.154. The molecule has 4 aromatic rings. The van der Waals surface area contributed by atoms with E-state index in [-0.39, 0.29) is 17.3 Å². The Labute approximate surface area is 189 Å². The fourth-order valence-electron chi connectivity index (χ4n) is 3.36. The Morgan fingerprint density at radius 3 is 2.55 bits per heavy atom. The second-order valence-corrected chi connectivity index (χ2v) is 7.12. The van der Waals surface area contributed by atoms with Crippen molar-refractivity contribution in [3.05, 3.63) is 82.2 Å².